The first-order valence-electron chi connectivity index (χ1n) is 11.9. The Bertz CT molecular complexity index is 769. The summed E-state index contributed by atoms with van der Waals surface area (Å²) >= 11 is 5.57. The molecule has 3 rings (SSSR count). The van der Waals surface area contributed by atoms with Crippen LogP contribution in [0.3, 0.4) is 0 Å². The molecule has 3 heterocycles. The molecule has 1 fully saturated rings. The Kier molecular flexibility index (Phi) is 9.70. The van der Waals surface area contributed by atoms with Crippen LogP contribution in [0.15, 0.2) is 6.33 Å². The number of nitrogens with zero attached hydrogens (tertiary/aromatic N) is 4. The molecule has 1 saturated heterocycles. The zero-order valence-corrected chi connectivity index (χ0v) is 22.5. The molecule has 30 heavy (non-hydrogen) atoms. The fourth-order valence-corrected chi connectivity index (χ4v) is 9.73. The summed E-state index contributed by atoms with van der Waals surface area (Å²) in [6, 6.07) is 0. The van der Waals surface area contributed by atoms with Crippen molar-refractivity contribution in [3.05, 3.63) is 11.5 Å². The van der Waals surface area contributed by atoms with Crippen LogP contribution >= 0.6 is 11.6 Å². The zero-order chi connectivity index (χ0) is 21.4. The molecule has 0 aromatic carbocycles. The van der Waals surface area contributed by atoms with E-state index < -0.39 is 21.1 Å². The van der Waals surface area contributed by atoms with Gasteiger partial charge in [0.05, 0.1) is 0 Å². The van der Waals surface area contributed by atoms with Crippen LogP contribution in [-0.4, -0.2) is 47.3 Å². The topological polar surface area (TPSA) is 52.8 Å². The molecule has 1 atom stereocenters. The van der Waals surface area contributed by atoms with Gasteiger partial charge < -0.3 is 0 Å². The fourth-order valence-electron chi connectivity index (χ4n) is 4.44. The molecular formula is C23H37ClN4OSn. The van der Waals surface area contributed by atoms with Gasteiger partial charge >= 0.3 is 198 Å². The molecule has 0 aliphatic carbocycles. The van der Waals surface area contributed by atoms with E-state index in [4.69, 9.17) is 26.3 Å². The molecule has 2 aromatic rings. The molecule has 2 radical (unpaired) electrons. The van der Waals surface area contributed by atoms with Crippen LogP contribution in [0.25, 0.3) is 11.2 Å². The van der Waals surface area contributed by atoms with E-state index in [0.29, 0.717) is 8.58 Å². The first-order chi connectivity index (χ1) is 14.6. The number of imidazole rings is 1. The maximum atomic E-state index is 6.62. The second-order valence-electron chi connectivity index (χ2n) is 8.70. The molecule has 0 bridgehead atoms. The molecule has 1 unspecified atom stereocenters. The van der Waals surface area contributed by atoms with Crippen LogP contribution in [0.2, 0.25) is 8.58 Å². The summed E-state index contributed by atoms with van der Waals surface area (Å²) in [5.74, 6) is 0. The van der Waals surface area contributed by atoms with Crippen LogP contribution in [0.5, 0.6) is 0 Å². The van der Waals surface area contributed by atoms with E-state index in [0.717, 1.165) is 34.5 Å². The number of halogens is 1. The second-order valence-corrected chi connectivity index (χ2v) is 14.1. The molecule has 2 aromatic heterocycles. The van der Waals surface area contributed by atoms with Gasteiger partial charge in [-0.05, 0) is 0 Å². The van der Waals surface area contributed by atoms with Crippen LogP contribution in [0.1, 0.15) is 104 Å². The van der Waals surface area contributed by atoms with Gasteiger partial charge in [0.2, 0.25) is 0 Å². The van der Waals surface area contributed by atoms with E-state index in [1.54, 1.807) is 0 Å². The summed E-state index contributed by atoms with van der Waals surface area (Å²) in [7, 11) is 0. The zero-order valence-electron chi connectivity index (χ0n) is 18.9. The van der Waals surface area contributed by atoms with E-state index in [-0.39, 0.29) is 6.23 Å². The Labute approximate surface area is 197 Å². The molecular weight excluding hydrogens is 502 g/mol. The SMILES string of the molecule is CCCC[C](CCCC)(CCCC)[Sn][c]1nc(Cl)c2ncn(C3CCCCO3)c2n1. The minimum atomic E-state index is -1.04. The first kappa shape index (κ1) is 24.2. The Morgan fingerprint density at radius 2 is 1.73 bits per heavy atom. The van der Waals surface area contributed by atoms with Crippen molar-refractivity contribution < 1.29 is 4.74 Å². The van der Waals surface area contributed by atoms with Crippen LogP contribution in [-0.2, 0) is 4.74 Å². The average molecular weight is 540 g/mol. The van der Waals surface area contributed by atoms with Crippen molar-refractivity contribution >= 4 is 47.7 Å². The molecule has 1 aliphatic rings. The summed E-state index contributed by atoms with van der Waals surface area (Å²) < 4.78 is 9.58. The van der Waals surface area contributed by atoms with Crippen LogP contribution in [0.4, 0.5) is 0 Å². The Hall–Kier alpha value is -0.401. The summed E-state index contributed by atoms with van der Waals surface area (Å²) in [5.41, 5.74) is 1.59. The van der Waals surface area contributed by atoms with Crippen molar-refractivity contribution in [2.24, 2.45) is 0 Å². The second kappa shape index (κ2) is 12.0. The van der Waals surface area contributed by atoms with Crippen molar-refractivity contribution in [2.45, 2.75) is 107 Å². The van der Waals surface area contributed by atoms with Crippen molar-refractivity contribution in [3.63, 3.8) is 0 Å². The maximum absolute atomic E-state index is 6.62. The number of ether oxygens (including phenoxy) is 1. The number of fused-ring (bicyclic) bond motifs is 1. The monoisotopic (exact) mass is 540 g/mol. The Morgan fingerprint density at radius 1 is 1.07 bits per heavy atom. The standard InChI is InChI=1S/C13H27.C10H10ClN4O.Sn/c1-4-7-10-13(11-8-5-2)12-9-6-3;11-9-8-10(13-5-12-9)15(6-14-8)7-3-1-2-4-16-7;/h4-12H2,1-3H3;6-7H,1-4H2;. The number of hydrogen-bond acceptors (Lipinski definition) is 4. The predicted octanol–water partition coefficient (Wildman–Crippen LogP) is 6.24. The van der Waals surface area contributed by atoms with Gasteiger partial charge in [-0.2, -0.15) is 0 Å². The van der Waals surface area contributed by atoms with Crippen molar-refractivity contribution in [1.82, 2.24) is 19.5 Å². The van der Waals surface area contributed by atoms with Gasteiger partial charge in [-0.3, -0.25) is 0 Å². The van der Waals surface area contributed by atoms with E-state index in [2.05, 4.69) is 30.3 Å². The molecule has 0 N–H and O–H groups in total. The molecule has 1 aliphatic heterocycles. The quantitative estimate of drug-likeness (QED) is 0.237. The van der Waals surface area contributed by atoms with Crippen molar-refractivity contribution in [2.75, 3.05) is 6.61 Å². The molecule has 166 valence electrons. The van der Waals surface area contributed by atoms with Crippen molar-refractivity contribution in [1.29, 1.82) is 0 Å². The van der Waals surface area contributed by atoms with Gasteiger partial charge in [-0.15, -0.1) is 0 Å². The number of unbranched alkanes of at least 4 members (excludes halogenated alkanes) is 3. The Balaban J connectivity index is 1.93. The Morgan fingerprint density at radius 3 is 2.30 bits per heavy atom. The molecule has 0 saturated carbocycles. The van der Waals surface area contributed by atoms with Crippen LogP contribution in [0, 0.1) is 0 Å². The molecule has 7 heteroatoms. The summed E-state index contributed by atoms with van der Waals surface area (Å²) in [6.45, 7) is 7.72. The summed E-state index contributed by atoms with van der Waals surface area (Å²) in [5, 5.41) is 0.515. The van der Waals surface area contributed by atoms with Gasteiger partial charge in [-0.25, -0.2) is 0 Å². The third-order valence-corrected chi connectivity index (χ3v) is 11.4. The molecule has 5 nitrogen and oxygen atoms in total. The first-order valence-corrected chi connectivity index (χ1v) is 15.2. The predicted molar refractivity (Wildman–Crippen MR) is 126 cm³/mol. The third-order valence-electron chi connectivity index (χ3n) is 6.25. The van der Waals surface area contributed by atoms with Gasteiger partial charge in [0.1, 0.15) is 0 Å². The van der Waals surface area contributed by atoms with Crippen LogP contribution < -0.4 is 3.84 Å². The van der Waals surface area contributed by atoms with Gasteiger partial charge in [0, 0.05) is 0 Å². The van der Waals surface area contributed by atoms with E-state index in [1.807, 2.05) is 6.33 Å². The van der Waals surface area contributed by atoms with E-state index >= 15 is 0 Å². The molecule has 0 amide bonds. The number of aromatic nitrogens is 4. The summed E-state index contributed by atoms with van der Waals surface area (Å²) in [6.07, 6.45) is 16.8. The van der Waals surface area contributed by atoms with E-state index in [1.165, 1.54) is 64.2 Å². The number of rotatable bonds is 12. The molecule has 0 spiro atoms. The third kappa shape index (κ3) is 6.10. The van der Waals surface area contributed by atoms with Crippen molar-refractivity contribution in [3.8, 4) is 0 Å². The fraction of sp³-hybridized carbons (Fsp3) is 0.783. The van der Waals surface area contributed by atoms with Gasteiger partial charge in [0.25, 0.3) is 0 Å². The number of hydrogen-bond donors (Lipinski definition) is 0. The summed E-state index contributed by atoms with van der Waals surface area (Å²) in [4.78, 5) is 14.4. The van der Waals surface area contributed by atoms with Gasteiger partial charge in [0.15, 0.2) is 0 Å². The van der Waals surface area contributed by atoms with E-state index in [9.17, 15) is 0 Å². The van der Waals surface area contributed by atoms with Gasteiger partial charge in [-0.1, -0.05) is 0 Å². The normalized spacial score (nSPS) is 17.7. The average Bonchev–Trinajstić information content (AvgIpc) is 3.20. The minimum absolute atomic E-state index is 0.0259.